The molecular weight excluding hydrogens is 506 g/mol. The van der Waals surface area contributed by atoms with Crippen molar-refractivity contribution in [2.75, 3.05) is 36.8 Å². The highest BCUT2D eigenvalue weighted by atomic mass is 35.5. The fourth-order valence-corrected chi connectivity index (χ4v) is 6.83. The van der Waals surface area contributed by atoms with Crippen molar-refractivity contribution in [1.82, 2.24) is 19.8 Å². The normalized spacial score (nSPS) is 20.3. The number of hydrogen-bond donors (Lipinski definition) is 0. The second kappa shape index (κ2) is 12.0. The summed E-state index contributed by atoms with van der Waals surface area (Å²) >= 11 is 7.69. The Morgan fingerprint density at radius 3 is 2.62 bits per heavy atom. The number of amides is 2. The minimum Gasteiger partial charge on any atom is -0.353 e. The molecule has 9 heteroatoms. The highest BCUT2D eigenvalue weighted by molar-refractivity contribution is 7.99. The van der Waals surface area contributed by atoms with Crippen LogP contribution in [-0.2, 0) is 22.6 Å². The molecule has 3 aliphatic rings. The lowest BCUT2D eigenvalue weighted by molar-refractivity contribution is -0.134. The minimum atomic E-state index is 0.0861. The number of aromatic nitrogens is 2. The zero-order valence-electron chi connectivity index (χ0n) is 21.6. The Morgan fingerprint density at radius 1 is 1.05 bits per heavy atom. The van der Waals surface area contributed by atoms with Crippen molar-refractivity contribution in [1.29, 1.82) is 0 Å². The second-order valence-electron chi connectivity index (χ2n) is 10.5. The molecule has 0 radical (unpaired) electrons. The molecule has 0 bridgehead atoms. The standard InChI is InChI=1S/C28H36ClN5O2S/c1-20-17-32(14-15-34(20)26(35)11-10-21-6-2-3-7-21)25-16-24(29)30-28(31-25)37-19-27(36)33-13-12-22-8-4-5-9-23(22)18-33/h4-5,8-9,16,20-21H,2-3,6-7,10-15,17-19H2,1H3/t20-/m1/s1. The van der Waals surface area contributed by atoms with E-state index in [4.69, 9.17) is 16.6 Å². The van der Waals surface area contributed by atoms with Crippen LogP contribution in [-0.4, -0.2) is 69.6 Å². The maximum Gasteiger partial charge on any atom is 0.233 e. The molecule has 1 aromatic carbocycles. The topological polar surface area (TPSA) is 69.6 Å². The van der Waals surface area contributed by atoms with Crippen molar-refractivity contribution >= 4 is 41.0 Å². The maximum absolute atomic E-state index is 12.9. The fourth-order valence-electron chi connectivity index (χ4n) is 5.84. The van der Waals surface area contributed by atoms with Gasteiger partial charge >= 0.3 is 0 Å². The number of thioether (sulfide) groups is 1. The highest BCUT2D eigenvalue weighted by Gasteiger charge is 2.29. The predicted octanol–water partition coefficient (Wildman–Crippen LogP) is 4.81. The van der Waals surface area contributed by atoms with Gasteiger partial charge in [-0.1, -0.05) is 73.3 Å². The molecule has 2 aromatic rings. The number of rotatable bonds is 7. The van der Waals surface area contributed by atoms with E-state index in [0.29, 0.717) is 42.9 Å². The molecule has 198 valence electrons. The number of carbonyl (C=O) groups is 2. The van der Waals surface area contributed by atoms with Crippen LogP contribution < -0.4 is 4.90 Å². The van der Waals surface area contributed by atoms with E-state index in [1.165, 1.54) is 48.6 Å². The van der Waals surface area contributed by atoms with Crippen LogP contribution in [0.2, 0.25) is 5.15 Å². The number of halogens is 1. The van der Waals surface area contributed by atoms with Gasteiger partial charge in [0.15, 0.2) is 5.16 Å². The average Bonchev–Trinajstić information content (AvgIpc) is 3.43. The summed E-state index contributed by atoms with van der Waals surface area (Å²) < 4.78 is 0. The van der Waals surface area contributed by atoms with Gasteiger partial charge < -0.3 is 14.7 Å². The molecule has 2 amide bonds. The third kappa shape index (κ3) is 6.58. The van der Waals surface area contributed by atoms with Gasteiger partial charge in [0.2, 0.25) is 11.8 Å². The Labute approximate surface area is 229 Å². The number of nitrogens with zero attached hydrogens (tertiary/aromatic N) is 5. The van der Waals surface area contributed by atoms with Gasteiger partial charge in [-0.25, -0.2) is 9.97 Å². The van der Waals surface area contributed by atoms with E-state index in [9.17, 15) is 9.59 Å². The van der Waals surface area contributed by atoms with Gasteiger partial charge in [-0.05, 0) is 36.8 Å². The van der Waals surface area contributed by atoms with Crippen LogP contribution in [0.3, 0.4) is 0 Å². The zero-order chi connectivity index (χ0) is 25.8. The van der Waals surface area contributed by atoms with Crippen molar-refractivity contribution in [3.63, 3.8) is 0 Å². The average molecular weight is 542 g/mol. The second-order valence-corrected chi connectivity index (χ2v) is 11.9. The van der Waals surface area contributed by atoms with Gasteiger partial charge in [0.1, 0.15) is 11.0 Å². The number of benzene rings is 1. The monoisotopic (exact) mass is 541 g/mol. The lowest BCUT2D eigenvalue weighted by Gasteiger charge is -2.40. The zero-order valence-corrected chi connectivity index (χ0v) is 23.1. The molecule has 7 nitrogen and oxygen atoms in total. The molecule has 0 unspecified atom stereocenters. The summed E-state index contributed by atoms with van der Waals surface area (Å²) in [7, 11) is 0. The third-order valence-corrected chi connectivity index (χ3v) is 9.01. The first kappa shape index (κ1) is 26.3. The van der Waals surface area contributed by atoms with Gasteiger partial charge in [0, 0.05) is 51.3 Å². The van der Waals surface area contributed by atoms with Crippen molar-refractivity contribution in [3.05, 3.63) is 46.6 Å². The summed E-state index contributed by atoms with van der Waals surface area (Å²) in [5, 5.41) is 0.880. The summed E-state index contributed by atoms with van der Waals surface area (Å²) in [6, 6.07) is 10.2. The van der Waals surface area contributed by atoms with E-state index in [1.807, 2.05) is 15.9 Å². The molecule has 1 saturated carbocycles. The van der Waals surface area contributed by atoms with E-state index < -0.39 is 0 Å². The predicted molar refractivity (Wildman–Crippen MR) is 148 cm³/mol. The Morgan fingerprint density at radius 2 is 1.84 bits per heavy atom. The third-order valence-electron chi connectivity index (χ3n) is 7.98. The molecule has 0 N–H and O–H groups in total. The van der Waals surface area contributed by atoms with E-state index in [-0.39, 0.29) is 23.6 Å². The van der Waals surface area contributed by atoms with Gasteiger partial charge in [-0.2, -0.15) is 0 Å². The summed E-state index contributed by atoms with van der Waals surface area (Å²) in [5.74, 6) is 2.13. The Bertz CT molecular complexity index is 1130. The molecule has 1 aromatic heterocycles. The van der Waals surface area contributed by atoms with Crippen LogP contribution in [0, 0.1) is 5.92 Å². The smallest absolute Gasteiger partial charge is 0.233 e. The Balaban J connectivity index is 1.14. The first-order valence-electron chi connectivity index (χ1n) is 13.5. The Kier molecular flexibility index (Phi) is 8.55. The minimum absolute atomic E-state index is 0.0861. The fraction of sp³-hybridized carbons (Fsp3) is 0.571. The molecule has 1 saturated heterocycles. The number of carbonyl (C=O) groups excluding carboxylic acids is 2. The SMILES string of the molecule is C[C@@H]1CN(c2cc(Cl)nc(SCC(=O)N3CCc4ccccc4C3)n2)CCN1C(=O)CCC1CCCC1. The molecule has 37 heavy (non-hydrogen) atoms. The summed E-state index contributed by atoms with van der Waals surface area (Å²) in [4.78, 5) is 41.0. The first-order chi connectivity index (χ1) is 18.0. The van der Waals surface area contributed by atoms with Gasteiger partial charge in [-0.3, -0.25) is 9.59 Å². The molecule has 3 heterocycles. The molecule has 1 aliphatic carbocycles. The van der Waals surface area contributed by atoms with Crippen molar-refractivity contribution in [3.8, 4) is 0 Å². The van der Waals surface area contributed by atoms with Crippen LogP contribution >= 0.6 is 23.4 Å². The molecule has 2 fully saturated rings. The molecular formula is C28H36ClN5O2S. The Hall–Kier alpha value is -2.32. The number of hydrogen-bond acceptors (Lipinski definition) is 6. The van der Waals surface area contributed by atoms with Gasteiger partial charge in [-0.15, -0.1) is 0 Å². The number of anilines is 1. The molecule has 1 atom stereocenters. The first-order valence-corrected chi connectivity index (χ1v) is 14.9. The van der Waals surface area contributed by atoms with Crippen LogP contribution in [0.25, 0.3) is 0 Å². The van der Waals surface area contributed by atoms with Crippen LogP contribution in [0.4, 0.5) is 5.82 Å². The van der Waals surface area contributed by atoms with Crippen LogP contribution in [0.1, 0.15) is 56.6 Å². The van der Waals surface area contributed by atoms with E-state index >= 15 is 0 Å². The largest absolute Gasteiger partial charge is 0.353 e. The van der Waals surface area contributed by atoms with E-state index in [0.717, 1.165) is 31.1 Å². The molecule has 5 rings (SSSR count). The van der Waals surface area contributed by atoms with E-state index in [1.54, 1.807) is 6.07 Å². The lowest BCUT2D eigenvalue weighted by atomic mass is 10.00. The van der Waals surface area contributed by atoms with Crippen LogP contribution in [0.5, 0.6) is 0 Å². The van der Waals surface area contributed by atoms with Gasteiger partial charge in [0.25, 0.3) is 0 Å². The van der Waals surface area contributed by atoms with E-state index in [2.05, 4.69) is 35.0 Å². The maximum atomic E-state index is 12.9. The summed E-state index contributed by atoms with van der Waals surface area (Å²) in [6.07, 6.45) is 7.76. The quantitative estimate of drug-likeness (QED) is 0.284. The van der Waals surface area contributed by atoms with Gasteiger partial charge in [0.05, 0.1) is 5.75 Å². The van der Waals surface area contributed by atoms with Crippen molar-refractivity contribution in [2.24, 2.45) is 5.92 Å². The summed E-state index contributed by atoms with van der Waals surface area (Å²) in [5.41, 5.74) is 2.55. The molecule has 2 aliphatic heterocycles. The lowest BCUT2D eigenvalue weighted by Crippen LogP contribution is -2.54. The van der Waals surface area contributed by atoms with Crippen LogP contribution in [0.15, 0.2) is 35.5 Å². The van der Waals surface area contributed by atoms with Crippen molar-refractivity contribution < 1.29 is 9.59 Å². The number of piperazine rings is 1. The number of fused-ring (bicyclic) bond motifs is 1. The molecule has 0 spiro atoms. The van der Waals surface area contributed by atoms with Crippen molar-refractivity contribution in [2.45, 2.75) is 69.6 Å². The highest BCUT2D eigenvalue weighted by Crippen LogP contribution is 2.30. The summed E-state index contributed by atoms with van der Waals surface area (Å²) in [6.45, 7) is 5.59.